The molecule has 1 spiro atoms. The number of nitrogens with zero attached hydrogens (tertiary/aromatic N) is 1. The Kier molecular flexibility index (Phi) is 2.11. The lowest BCUT2D eigenvalue weighted by atomic mass is 9.77. The number of rotatable bonds is 1. The summed E-state index contributed by atoms with van der Waals surface area (Å²) in [5.41, 5.74) is 0.462. The van der Waals surface area contributed by atoms with Crippen LogP contribution in [-0.2, 0) is 9.53 Å². The molecule has 0 unspecified atom stereocenters. The van der Waals surface area contributed by atoms with Crippen molar-refractivity contribution in [2.45, 2.75) is 27.2 Å². The van der Waals surface area contributed by atoms with Gasteiger partial charge in [-0.3, -0.25) is 4.79 Å². The van der Waals surface area contributed by atoms with E-state index in [1.54, 1.807) is 0 Å². The second-order valence-electron chi connectivity index (χ2n) is 5.98. The Hall–Kier alpha value is -0.570. The van der Waals surface area contributed by atoms with Gasteiger partial charge in [-0.2, -0.15) is 0 Å². The monoisotopic (exact) mass is 197 g/mol. The summed E-state index contributed by atoms with van der Waals surface area (Å²) in [5.74, 6) is 0.301. The van der Waals surface area contributed by atoms with Crippen LogP contribution < -0.4 is 0 Å². The van der Waals surface area contributed by atoms with Crippen molar-refractivity contribution in [2.24, 2.45) is 10.8 Å². The molecule has 0 aliphatic carbocycles. The fourth-order valence-corrected chi connectivity index (χ4v) is 2.08. The Morgan fingerprint density at radius 3 is 2.29 bits per heavy atom. The molecule has 0 saturated carbocycles. The lowest BCUT2D eigenvalue weighted by Crippen LogP contribution is -2.67. The molecule has 80 valence electrons. The number of likely N-dealkylation sites (tertiary alicyclic amines) is 1. The van der Waals surface area contributed by atoms with E-state index in [0.29, 0.717) is 17.7 Å². The van der Waals surface area contributed by atoms with Gasteiger partial charge in [0.05, 0.1) is 18.6 Å². The quantitative estimate of drug-likeness (QED) is 0.633. The molecule has 2 heterocycles. The fraction of sp³-hybridized carbons (Fsp3) is 0.909. The van der Waals surface area contributed by atoms with Gasteiger partial charge < -0.3 is 9.64 Å². The average molecular weight is 197 g/mol. The molecule has 2 aliphatic rings. The SMILES string of the molecule is CC(C)(C)CC(=O)N1CC2(COC2)C1. The molecule has 0 aromatic rings. The predicted octanol–water partition coefficient (Wildman–Crippen LogP) is 1.28. The fourth-order valence-electron chi connectivity index (χ4n) is 2.08. The van der Waals surface area contributed by atoms with E-state index in [-0.39, 0.29) is 5.41 Å². The highest BCUT2D eigenvalue weighted by Crippen LogP contribution is 2.38. The molecule has 2 rings (SSSR count). The Morgan fingerprint density at radius 1 is 1.36 bits per heavy atom. The zero-order valence-electron chi connectivity index (χ0n) is 9.30. The van der Waals surface area contributed by atoms with Gasteiger partial charge in [0.1, 0.15) is 0 Å². The second-order valence-corrected chi connectivity index (χ2v) is 5.98. The van der Waals surface area contributed by atoms with Crippen molar-refractivity contribution in [3.63, 3.8) is 0 Å². The van der Waals surface area contributed by atoms with Crippen LogP contribution in [0, 0.1) is 10.8 Å². The number of ether oxygens (including phenoxy) is 1. The smallest absolute Gasteiger partial charge is 0.223 e. The maximum Gasteiger partial charge on any atom is 0.223 e. The summed E-state index contributed by atoms with van der Waals surface area (Å²) in [6, 6.07) is 0. The van der Waals surface area contributed by atoms with Gasteiger partial charge >= 0.3 is 0 Å². The van der Waals surface area contributed by atoms with Crippen molar-refractivity contribution in [1.82, 2.24) is 4.90 Å². The summed E-state index contributed by atoms with van der Waals surface area (Å²) in [6.45, 7) is 9.86. The predicted molar refractivity (Wildman–Crippen MR) is 53.9 cm³/mol. The Balaban J connectivity index is 1.79. The minimum Gasteiger partial charge on any atom is -0.380 e. The van der Waals surface area contributed by atoms with Gasteiger partial charge in [0.25, 0.3) is 0 Å². The molecular weight excluding hydrogens is 178 g/mol. The van der Waals surface area contributed by atoms with Gasteiger partial charge in [-0.25, -0.2) is 0 Å². The van der Waals surface area contributed by atoms with E-state index >= 15 is 0 Å². The third kappa shape index (κ3) is 1.78. The highest BCUT2D eigenvalue weighted by Gasteiger charge is 2.50. The minimum atomic E-state index is 0.107. The summed E-state index contributed by atoms with van der Waals surface area (Å²) < 4.78 is 5.17. The summed E-state index contributed by atoms with van der Waals surface area (Å²) in [4.78, 5) is 13.7. The van der Waals surface area contributed by atoms with E-state index < -0.39 is 0 Å². The van der Waals surface area contributed by atoms with E-state index in [9.17, 15) is 4.79 Å². The molecule has 0 bridgehead atoms. The van der Waals surface area contributed by atoms with Gasteiger partial charge in [0.15, 0.2) is 0 Å². The summed E-state index contributed by atoms with van der Waals surface area (Å²) in [7, 11) is 0. The van der Waals surface area contributed by atoms with Crippen LogP contribution in [0.3, 0.4) is 0 Å². The molecule has 0 radical (unpaired) electrons. The molecule has 3 heteroatoms. The van der Waals surface area contributed by atoms with Crippen LogP contribution in [0.4, 0.5) is 0 Å². The maximum atomic E-state index is 11.8. The van der Waals surface area contributed by atoms with Crippen LogP contribution in [0.1, 0.15) is 27.2 Å². The first-order valence-corrected chi connectivity index (χ1v) is 5.26. The standard InChI is InChI=1S/C11H19NO2/c1-10(2,3)4-9(13)12-5-11(6-12)7-14-8-11/h4-8H2,1-3H3. The highest BCUT2D eigenvalue weighted by atomic mass is 16.5. The van der Waals surface area contributed by atoms with Crippen LogP contribution in [0.5, 0.6) is 0 Å². The molecule has 0 aromatic carbocycles. The van der Waals surface area contributed by atoms with Crippen molar-refractivity contribution in [3.8, 4) is 0 Å². The normalized spacial score (nSPS) is 24.4. The summed E-state index contributed by atoms with van der Waals surface area (Å²) >= 11 is 0. The topological polar surface area (TPSA) is 29.5 Å². The average Bonchev–Trinajstić information content (AvgIpc) is 1.74. The first-order valence-electron chi connectivity index (χ1n) is 5.26. The molecule has 2 aliphatic heterocycles. The molecule has 1 amide bonds. The number of hydrogen-bond donors (Lipinski definition) is 0. The molecule has 0 N–H and O–H groups in total. The zero-order valence-corrected chi connectivity index (χ0v) is 9.30. The van der Waals surface area contributed by atoms with E-state index in [1.165, 1.54) is 0 Å². The summed E-state index contributed by atoms with van der Waals surface area (Å²) in [5, 5.41) is 0. The Bertz CT molecular complexity index is 243. The van der Waals surface area contributed by atoms with E-state index in [1.807, 2.05) is 4.90 Å². The molecule has 2 fully saturated rings. The van der Waals surface area contributed by atoms with E-state index in [0.717, 1.165) is 26.3 Å². The molecule has 0 atom stereocenters. The van der Waals surface area contributed by atoms with Crippen molar-refractivity contribution >= 4 is 5.91 Å². The van der Waals surface area contributed by atoms with Crippen LogP contribution in [0.15, 0.2) is 0 Å². The van der Waals surface area contributed by atoms with Crippen molar-refractivity contribution in [2.75, 3.05) is 26.3 Å². The first-order chi connectivity index (χ1) is 6.40. The third-order valence-corrected chi connectivity index (χ3v) is 2.90. The maximum absolute atomic E-state index is 11.8. The van der Waals surface area contributed by atoms with Crippen molar-refractivity contribution in [3.05, 3.63) is 0 Å². The Morgan fingerprint density at radius 2 is 1.93 bits per heavy atom. The van der Waals surface area contributed by atoms with Gasteiger partial charge in [-0.1, -0.05) is 20.8 Å². The first kappa shape index (κ1) is 9.97. The molecule has 3 nitrogen and oxygen atoms in total. The highest BCUT2D eigenvalue weighted by molar-refractivity contribution is 5.78. The molecular formula is C11H19NO2. The molecule has 0 aromatic heterocycles. The number of carbonyl (C=O) groups is 1. The number of amides is 1. The van der Waals surface area contributed by atoms with Gasteiger partial charge in [-0.05, 0) is 5.41 Å². The lowest BCUT2D eigenvalue weighted by Gasteiger charge is -2.55. The second kappa shape index (κ2) is 2.96. The third-order valence-electron chi connectivity index (χ3n) is 2.90. The van der Waals surface area contributed by atoms with Crippen molar-refractivity contribution < 1.29 is 9.53 Å². The molecule has 14 heavy (non-hydrogen) atoms. The van der Waals surface area contributed by atoms with Gasteiger partial charge in [0.2, 0.25) is 5.91 Å². The van der Waals surface area contributed by atoms with Crippen LogP contribution in [-0.4, -0.2) is 37.1 Å². The number of carbonyl (C=O) groups excluding carboxylic acids is 1. The largest absolute Gasteiger partial charge is 0.380 e. The van der Waals surface area contributed by atoms with Crippen molar-refractivity contribution in [1.29, 1.82) is 0 Å². The van der Waals surface area contributed by atoms with E-state index in [2.05, 4.69) is 20.8 Å². The van der Waals surface area contributed by atoms with Gasteiger partial charge in [0, 0.05) is 19.5 Å². The minimum absolute atomic E-state index is 0.107. The molecule has 2 saturated heterocycles. The number of hydrogen-bond acceptors (Lipinski definition) is 2. The zero-order chi connectivity index (χ0) is 10.4. The van der Waals surface area contributed by atoms with Gasteiger partial charge in [-0.15, -0.1) is 0 Å². The van der Waals surface area contributed by atoms with Crippen LogP contribution >= 0.6 is 0 Å². The van der Waals surface area contributed by atoms with Crippen LogP contribution in [0.25, 0.3) is 0 Å². The van der Waals surface area contributed by atoms with E-state index in [4.69, 9.17) is 4.74 Å². The van der Waals surface area contributed by atoms with Crippen LogP contribution in [0.2, 0.25) is 0 Å². The Labute approximate surface area is 85.4 Å². The summed E-state index contributed by atoms with van der Waals surface area (Å²) in [6.07, 6.45) is 0.657. The lowest BCUT2D eigenvalue weighted by molar-refractivity contribution is -0.196.